The number of thiophene rings is 2. The van der Waals surface area contributed by atoms with Crippen LogP contribution in [0.4, 0.5) is 0 Å². The van der Waals surface area contributed by atoms with Crippen molar-refractivity contribution in [2.75, 3.05) is 0 Å². The summed E-state index contributed by atoms with van der Waals surface area (Å²) >= 11 is 3.72. The fourth-order valence-corrected chi connectivity index (χ4v) is 10.1. The van der Waals surface area contributed by atoms with Crippen molar-refractivity contribution in [3.8, 4) is 17.4 Å². The second kappa shape index (κ2) is 9.56. The van der Waals surface area contributed by atoms with Crippen LogP contribution in [0.3, 0.4) is 0 Å². The van der Waals surface area contributed by atoms with E-state index in [0.29, 0.717) is 5.56 Å². The van der Waals surface area contributed by atoms with Gasteiger partial charge in [0.2, 0.25) is 0 Å². The van der Waals surface area contributed by atoms with Crippen LogP contribution < -0.4 is 0 Å². The van der Waals surface area contributed by atoms with Crippen molar-refractivity contribution in [1.29, 1.82) is 5.26 Å². The highest BCUT2D eigenvalue weighted by molar-refractivity contribution is 7.26. The number of para-hydroxylation sites is 2. The summed E-state index contributed by atoms with van der Waals surface area (Å²) in [4.78, 5) is 0. The summed E-state index contributed by atoms with van der Waals surface area (Å²) in [6, 6.07) is 52.8. The molecule has 0 unspecified atom stereocenters. The fourth-order valence-electron chi connectivity index (χ4n) is 7.89. The number of hydrogen-bond acceptors (Lipinski definition) is 3. The van der Waals surface area contributed by atoms with Crippen LogP contribution in [0.2, 0.25) is 0 Å². The molecule has 0 aliphatic rings. The third-order valence-electron chi connectivity index (χ3n) is 9.93. The van der Waals surface area contributed by atoms with E-state index in [0.717, 1.165) is 27.5 Å². The Morgan fingerprint density at radius 1 is 0.417 bits per heavy atom. The maximum Gasteiger partial charge on any atom is 0.0991 e. The second-order valence-electron chi connectivity index (χ2n) is 12.4. The molecule has 0 N–H and O–H groups in total. The first kappa shape index (κ1) is 26.2. The molecule has 3 nitrogen and oxygen atoms in total. The standard InChI is InChI=1S/C43H23N3S2/c44-24-25-13-17-37-32(21-25)29-8-2-4-10-35(29)45(37)26-14-18-39-33(22-26)34-23-27(15-19-40(34)47-39)46-36-11-5-1-7-28(36)30-16-20-41-42(43(30)46)31-9-3-6-12-38(31)48-41/h1-23H. The third kappa shape index (κ3) is 3.45. The van der Waals surface area contributed by atoms with E-state index in [2.05, 4.69) is 143 Å². The molecule has 0 amide bonds. The van der Waals surface area contributed by atoms with E-state index < -0.39 is 0 Å². The second-order valence-corrected chi connectivity index (χ2v) is 14.6. The van der Waals surface area contributed by atoms with Gasteiger partial charge in [0.1, 0.15) is 0 Å². The number of nitrogens with zero attached hydrogens (tertiary/aromatic N) is 3. The van der Waals surface area contributed by atoms with E-state index in [9.17, 15) is 5.26 Å². The Morgan fingerprint density at radius 2 is 0.979 bits per heavy atom. The molecule has 0 atom stereocenters. The van der Waals surface area contributed by atoms with Crippen LogP contribution in [0.1, 0.15) is 5.56 Å². The summed E-state index contributed by atoms with van der Waals surface area (Å²) in [7, 11) is 0. The molecule has 0 aliphatic heterocycles. The van der Waals surface area contributed by atoms with Gasteiger partial charge in [-0.15, -0.1) is 22.7 Å². The normalized spacial score (nSPS) is 12.1. The minimum Gasteiger partial charge on any atom is -0.309 e. The van der Waals surface area contributed by atoms with Gasteiger partial charge in [0.15, 0.2) is 0 Å². The molecule has 4 heterocycles. The zero-order chi connectivity index (χ0) is 31.5. The molecule has 0 aliphatic carbocycles. The van der Waals surface area contributed by atoms with Crippen LogP contribution in [0, 0.1) is 11.3 Å². The molecule has 48 heavy (non-hydrogen) atoms. The van der Waals surface area contributed by atoms with Crippen molar-refractivity contribution in [1.82, 2.24) is 9.13 Å². The maximum atomic E-state index is 9.63. The average Bonchev–Trinajstić information content (AvgIpc) is 3.88. The van der Waals surface area contributed by atoms with Crippen molar-refractivity contribution < 1.29 is 0 Å². The minimum atomic E-state index is 0.676. The molecule has 0 fully saturated rings. The zero-order valence-corrected chi connectivity index (χ0v) is 27.1. The molecule has 222 valence electrons. The van der Waals surface area contributed by atoms with Crippen LogP contribution in [0.15, 0.2) is 140 Å². The molecule has 0 bridgehead atoms. The first-order valence-corrected chi connectivity index (χ1v) is 17.6. The quantitative estimate of drug-likeness (QED) is 0.184. The highest BCUT2D eigenvalue weighted by Crippen LogP contribution is 2.44. The number of rotatable bonds is 2. The lowest BCUT2D eigenvalue weighted by Crippen LogP contribution is -1.94. The van der Waals surface area contributed by atoms with Crippen molar-refractivity contribution in [3.05, 3.63) is 145 Å². The van der Waals surface area contributed by atoms with Gasteiger partial charge in [0.05, 0.1) is 33.7 Å². The first-order valence-electron chi connectivity index (χ1n) is 16.0. The third-order valence-corrected chi connectivity index (χ3v) is 12.2. The van der Waals surface area contributed by atoms with Crippen molar-refractivity contribution in [3.63, 3.8) is 0 Å². The minimum absolute atomic E-state index is 0.676. The number of fused-ring (bicyclic) bond motifs is 13. The molecule has 11 aromatic rings. The summed E-state index contributed by atoms with van der Waals surface area (Å²) < 4.78 is 10.00. The van der Waals surface area contributed by atoms with Crippen LogP contribution >= 0.6 is 22.7 Å². The predicted octanol–water partition coefficient (Wildman–Crippen LogP) is 12.5. The summed E-state index contributed by atoms with van der Waals surface area (Å²) in [5.74, 6) is 0. The SMILES string of the molecule is N#Cc1ccc2c(c1)c1ccccc1n2-c1ccc2sc3ccc(-n4c5ccccc5c5ccc6sc7ccccc7c6c54)cc3c2c1. The summed E-state index contributed by atoms with van der Waals surface area (Å²) in [5.41, 5.74) is 7.69. The molecule has 7 aromatic carbocycles. The molecule has 0 spiro atoms. The zero-order valence-electron chi connectivity index (χ0n) is 25.4. The Balaban J connectivity index is 1.20. The molecule has 0 radical (unpaired) electrons. The topological polar surface area (TPSA) is 33.6 Å². The van der Waals surface area contributed by atoms with Crippen LogP contribution in [0.5, 0.6) is 0 Å². The Kier molecular flexibility index (Phi) is 5.21. The van der Waals surface area contributed by atoms with Crippen molar-refractivity contribution >= 4 is 107 Å². The molecule has 5 heteroatoms. The lowest BCUT2D eigenvalue weighted by molar-refractivity contribution is 1.19. The Hall–Kier alpha value is -5.93. The molecular formula is C43H23N3S2. The van der Waals surface area contributed by atoms with Gasteiger partial charge in [-0.05, 0) is 78.9 Å². The van der Waals surface area contributed by atoms with Gasteiger partial charge in [0, 0.05) is 73.3 Å². The van der Waals surface area contributed by atoms with Crippen molar-refractivity contribution in [2.24, 2.45) is 0 Å². The Labute approximate surface area is 282 Å². The molecular weight excluding hydrogens is 623 g/mol. The largest absolute Gasteiger partial charge is 0.309 e. The first-order chi connectivity index (χ1) is 23.7. The summed E-state index contributed by atoms with van der Waals surface area (Å²) in [5, 5.41) is 19.6. The smallest absolute Gasteiger partial charge is 0.0991 e. The molecule has 0 saturated carbocycles. The molecule has 0 saturated heterocycles. The van der Waals surface area contributed by atoms with Gasteiger partial charge < -0.3 is 9.13 Å². The van der Waals surface area contributed by atoms with E-state index in [1.807, 2.05) is 34.8 Å². The van der Waals surface area contributed by atoms with Crippen LogP contribution in [-0.4, -0.2) is 9.13 Å². The van der Waals surface area contributed by atoms with Gasteiger partial charge in [-0.25, -0.2) is 0 Å². The van der Waals surface area contributed by atoms with E-state index in [4.69, 9.17) is 0 Å². The van der Waals surface area contributed by atoms with E-state index in [1.54, 1.807) is 0 Å². The monoisotopic (exact) mass is 645 g/mol. The van der Waals surface area contributed by atoms with Crippen molar-refractivity contribution in [2.45, 2.75) is 0 Å². The number of benzene rings is 7. The lowest BCUT2D eigenvalue weighted by Gasteiger charge is -2.10. The van der Waals surface area contributed by atoms with E-state index in [1.165, 1.54) is 67.8 Å². The van der Waals surface area contributed by atoms with E-state index in [-0.39, 0.29) is 0 Å². The van der Waals surface area contributed by atoms with Gasteiger partial charge in [-0.1, -0.05) is 60.7 Å². The fraction of sp³-hybridized carbons (Fsp3) is 0. The highest BCUT2D eigenvalue weighted by Gasteiger charge is 2.19. The average molecular weight is 646 g/mol. The molecule has 4 aromatic heterocycles. The van der Waals surface area contributed by atoms with Gasteiger partial charge in [0.25, 0.3) is 0 Å². The van der Waals surface area contributed by atoms with Gasteiger partial charge in [-0.2, -0.15) is 5.26 Å². The summed E-state index contributed by atoms with van der Waals surface area (Å²) in [6.07, 6.45) is 0. The number of nitriles is 1. The molecule has 11 rings (SSSR count). The van der Waals surface area contributed by atoms with Crippen LogP contribution in [0.25, 0.3) is 95.3 Å². The van der Waals surface area contributed by atoms with Crippen LogP contribution in [-0.2, 0) is 0 Å². The maximum absolute atomic E-state index is 9.63. The Morgan fingerprint density at radius 3 is 1.73 bits per heavy atom. The predicted molar refractivity (Wildman–Crippen MR) is 206 cm³/mol. The highest BCUT2D eigenvalue weighted by atomic mass is 32.1. The summed E-state index contributed by atoms with van der Waals surface area (Å²) in [6.45, 7) is 0. The van der Waals surface area contributed by atoms with E-state index >= 15 is 0 Å². The Bertz CT molecular complexity index is 3200. The van der Waals surface area contributed by atoms with Gasteiger partial charge in [-0.3, -0.25) is 0 Å². The lowest BCUT2D eigenvalue weighted by atomic mass is 10.1. The van der Waals surface area contributed by atoms with Gasteiger partial charge >= 0.3 is 0 Å². The number of aromatic nitrogens is 2. The number of hydrogen-bond donors (Lipinski definition) is 0.